The average Bonchev–Trinajstić information content (AvgIpc) is 2.81. The first-order chi connectivity index (χ1) is 15.9. The highest BCUT2D eigenvalue weighted by Crippen LogP contribution is 2.29. The van der Waals surface area contributed by atoms with E-state index in [1.54, 1.807) is 26.0 Å². The number of amides is 1. The topological polar surface area (TPSA) is 94.8 Å². The van der Waals surface area contributed by atoms with E-state index in [9.17, 15) is 14.4 Å². The molecular weight excluding hydrogens is 422 g/mol. The summed E-state index contributed by atoms with van der Waals surface area (Å²) in [5, 5.41) is 3.45. The van der Waals surface area contributed by atoms with Crippen LogP contribution in [0.4, 0.5) is 4.79 Å². The minimum Gasteiger partial charge on any atom is -0.445 e. The fourth-order valence-electron chi connectivity index (χ4n) is 4.06. The minimum atomic E-state index is -0.903. The van der Waals surface area contributed by atoms with Gasteiger partial charge in [0.1, 0.15) is 24.0 Å². The Labute approximate surface area is 191 Å². The Hall–Kier alpha value is -3.61. The highest BCUT2D eigenvalue weighted by molar-refractivity contribution is 5.86. The molecule has 4 rings (SSSR count). The molecule has 0 radical (unpaired) electrons. The molecule has 0 bridgehead atoms. The fourth-order valence-corrected chi connectivity index (χ4v) is 4.06. The second-order valence-electron chi connectivity index (χ2n) is 8.56. The Morgan fingerprint density at radius 2 is 1.76 bits per heavy atom. The summed E-state index contributed by atoms with van der Waals surface area (Å²) in [7, 11) is 0. The van der Waals surface area contributed by atoms with Gasteiger partial charge in [0.25, 0.3) is 0 Å². The molecule has 0 aliphatic heterocycles. The maximum Gasteiger partial charge on any atom is 0.408 e. The zero-order valence-corrected chi connectivity index (χ0v) is 18.8. The molecule has 1 aliphatic rings. The molecule has 7 heteroatoms. The van der Waals surface area contributed by atoms with Gasteiger partial charge in [-0.3, -0.25) is 0 Å². The van der Waals surface area contributed by atoms with Crippen molar-refractivity contribution in [3.63, 3.8) is 0 Å². The second-order valence-corrected chi connectivity index (χ2v) is 8.56. The first-order valence-electron chi connectivity index (χ1n) is 11.2. The number of esters is 1. The highest BCUT2D eigenvalue weighted by atomic mass is 16.6. The van der Waals surface area contributed by atoms with E-state index in [1.807, 2.05) is 36.4 Å². The molecule has 172 valence electrons. The third-order valence-electron chi connectivity index (χ3n) is 5.82. The molecule has 1 unspecified atom stereocenters. The largest absolute Gasteiger partial charge is 0.445 e. The van der Waals surface area contributed by atoms with E-state index in [0.29, 0.717) is 5.58 Å². The SMILES string of the molecule is CC(C)C(NC(=O)OCc1ccccc1)C(=O)Oc1ccc2c3c(c(=O)oc2c1)CCCC3. The van der Waals surface area contributed by atoms with Crippen LogP contribution < -0.4 is 15.7 Å². The summed E-state index contributed by atoms with van der Waals surface area (Å²) in [6.45, 7) is 3.70. The van der Waals surface area contributed by atoms with Gasteiger partial charge in [-0.2, -0.15) is 0 Å². The van der Waals surface area contributed by atoms with Crippen molar-refractivity contribution in [3.05, 3.63) is 75.6 Å². The number of benzene rings is 2. The molecular formula is C26H27NO6. The van der Waals surface area contributed by atoms with Gasteiger partial charge >= 0.3 is 17.7 Å². The van der Waals surface area contributed by atoms with Crippen molar-refractivity contribution >= 4 is 23.0 Å². The van der Waals surface area contributed by atoms with Gasteiger partial charge in [0.15, 0.2) is 0 Å². The van der Waals surface area contributed by atoms with E-state index in [4.69, 9.17) is 13.9 Å². The van der Waals surface area contributed by atoms with Crippen LogP contribution >= 0.6 is 0 Å². The van der Waals surface area contributed by atoms with E-state index >= 15 is 0 Å². The highest BCUT2D eigenvalue weighted by Gasteiger charge is 2.27. The van der Waals surface area contributed by atoms with E-state index in [2.05, 4.69) is 5.32 Å². The van der Waals surface area contributed by atoms with E-state index in [-0.39, 0.29) is 23.9 Å². The Morgan fingerprint density at radius 3 is 2.48 bits per heavy atom. The van der Waals surface area contributed by atoms with Gasteiger partial charge in [-0.15, -0.1) is 0 Å². The number of aryl methyl sites for hydroxylation is 1. The van der Waals surface area contributed by atoms with Crippen molar-refractivity contribution in [2.24, 2.45) is 5.92 Å². The van der Waals surface area contributed by atoms with Crippen LogP contribution in [-0.4, -0.2) is 18.1 Å². The Morgan fingerprint density at radius 1 is 1.03 bits per heavy atom. The van der Waals surface area contributed by atoms with Gasteiger partial charge in [-0.05, 0) is 54.9 Å². The van der Waals surface area contributed by atoms with E-state index in [1.165, 1.54) is 0 Å². The Bertz CT molecular complexity index is 1210. The number of fused-ring (bicyclic) bond motifs is 3. The summed E-state index contributed by atoms with van der Waals surface area (Å²) < 4.78 is 16.2. The summed E-state index contributed by atoms with van der Waals surface area (Å²) in [5.74, 6) is -0.606. The smallest absolute Gasteiger partial charge is 0.408 e. The lowest BCUT2D eigenvalue weighted by Crippen LogP contribution is -2.46. The van der Waals surface area contributed by atoms with Gasteiger partial charge in [-0.25, -0.2) is 14.4 Å². The molecule has 1 aliphatic carbocycles. The number of hydrogen-bond donors (Lipinski definition) is 1. The maximum absolute atomic E-state index is 12.8. The standard InChI is InChI=1S/C26H27NO6/c1-16(2)23(27-26(30)31-15-17-8-4-3-5-9-17)25(29)32-18-12-13-20-19-10-6-7-11-21(19)24(28)33-22(20)14-18/h3-5,8-9,12-14,16,23H,6-7,10-11,15H2,1-2H3,(H,27,30). The first kappa shape index (κ1) is 22.6. The van der Waals surface area contributed by atoms with Gasteiger partial charge in [-0.1, -0.05) is 44.2 Å². The van der Waals surface area contributed by atoms with Gasteiger partial charge in [0.05, 0.1) is 0 Å². The van der Waals surface area contributed by atoms with Crippen LogP contribution in [0.25, 0.3) is 11.0 Å². The number of carbonyl (C=O) groups is 2. The molecule has 33 heavy (non-hydrogen) atoms. The maximum atomic E-state index is 12.8. The summed E-state index contributed by atoms with van der Waals surface area (Å²) >= 11 is 0. The zero-order chi connectivity index (χ0) is 23.4. The molecule has 1 amide bonds. The number of rotatable bonds is 6. The molecule has 2 aromatic carbocycles. The molecule has 1 heterocycles. The van der Waals surface area contributed by atoms with Crippen LogP contribution in [0.5, 0.6) is 5.75 Å². The number of nitrogens with one attached hydrogen (secondary N) is 1. The number of hydrogen-bond acceptors (Lipinski definition) is 6. The van der Waals surface area contributed by atoms with Crippen LogP contribution in [0.1, 0.15) is 43.4 Å². The molecule has 0 fully saturated rings. The van der Waals surface area contributed by atoms with Gasteiger partial charge in [0.2, 0.25) is 0 Å². The van der Waals surface area contributed by atoms with Crippen molar-refractivity contribution < 1.29 is 23.5 Å². The predicted molar refractivity (Wildman–Crippen MR) is 123 cm³/mol. The van der Waals surface area contributed by atoms with Crippen LogP contribution in [0, 0.1) is 5.92 Å². The number of ether oxygens (including phenoxy) is 2. The monoisotopic (exact) mass is 449 g/mol. The first-order valence-corrected chi connectivity index (χ1v) is 11.2. The quantitative estimate of drug-likeness (QED) is 0.338. The number of alkyl carbamates (subject to hydrolysis) is 1. The van der Waals surface area contributed by atoms with Gasteiger partial charge < -0.3 is 19.2 Å². The van der Waals surface area contributed by atoms with Gasteiger partial charge in [0, 0.05) is 17.0 Å². The minimum absolute atomic E-state index is 0.0978. The lowest BCUT2D eigenvalue weighted by atomic mass is 9.91. The summed E-state index contributed by atoms with van der Waals surface area (Å²) in [6, 6.07) is 13.4. The van der Waals surface area contributed by atoms with Crippen molar-refractivity contribution in [1.82, 2.24) is 5.32 Å². The predicted octanol–water partition coefficient (Wildman–Crippen LogP) is 4.53. The third-order valence-corrected chi connectivity index (χ3v) is 5.82. The average molecular weight is 450 g/mol. The third kappa shape index (κ3) is 5.25. The molecule has 0 spiro atoms. The lowest BCUT2D eigenvalue weighted by molar-refractivity contribution is -0.137. The molecule has 0 saturated heterocycles. The molecule has 0 saturated carbocycles. The fraction of sp³-hybridized carbons (Fsp3) is 0.346. The summed E-state index contributed by atoms with van der Waals surface area (Å²) in [6.07, 6.45) is 2.87. The van der Waals surface area contributed by atoms with Crippen LogP contribution in [0.2, 0.25) is 0 Å². The van der Waals surface area contributed by atoms with Crippen LogP contribution in [0.15, 0.2) is 57.7 Å². The normalized spacial score (nSPS) is 13.9. The van der Waals surface area contributed by atoms with Crippen LogP contribution in [-0.2, 0) is 29.0 Å². The molecule has 3 aromatic rings. The molecule has 7 nitrogen and oxygen atoms in total. The lowest BCUT2D eigenvalue weighted by Gasteiger charge is -2.21. The van der Waals surface area contributed by atoms with Crippen molar-refractivity contribution in [2.75, 3.05) is 0 Å². The molecule has 1 N–H and O–H groups in total. The zero-order valence-electron chi connectivity index (χ0n) is 18.8. The molecule has 1 aromatic heterocycles. The second kappa shape index (κ2) is 9.90. The van der Waals surface area contributed by atoms with Crippen LogP contribution in [0.3, 0.4) is 0 Å². The summed E-state index contributed by atoms with van der Waals surface area (Å²) in [4.78, 5) is 37.4. The Kier molecular flexibility index (Phi) is 6.77. The number of carbonyl (C=O) groups excluding carboxylic acids is 2. The van der Waals surface area contributed by atoms with Crippen molar-refractivity contribution in [3.8, 4) is 5.75 Å². The van der Waals surface area contributed by atoms with E-state index in [0.717, 1.165) is 47.8 Å². The van der Waals surface area contributed by atoms with Crippen molar-refractivity contribution in [1.29, 1.82) is 0 Å². The van der Waals surface area contributed by atoms with E-state index < -0.39 is 18.1 Å². The summed E-state index contributed by atoms with van der Waals surface area (Å²) in [5.41, 5.74) is 2.67. The van der Waals surface area contributed by atoms with Crippen molar-refractivity contribution in [2.45, 2.75) is 52.2 Å². The Balaban J connectivity index is 1.45. The molecule has 1 atom stereocenters.